The summed E-state index contributed by atoms with van der Waals surface area (Å²) in [6, 6.07) is 11.6. The highest BCUT2D eigenvalue weighted by molar-refractivity contribution is 6.32. The van der Waals surface area contributed by atoms with Gasteiger partial charge in [0.1, 0.15) is 12.4 Å². The number of hydrogen-bond acceptors (Lipinski definition) is 4. The Bertz CT molecular complexity index is 1060. The van der Waals surface area contributed by atoms with E-state index < -0.39 is 0 Å². The van der Waals surface area contributed by atoms with E-state index in [1.165, 1.54) is 5.56 Å². The molecule has 1 aliphatic heterocycles. The molecule has 0 aliphatic carbocycles. The monoisotopic (exact) mass is 452 g/mol. The van der Waals surface area contributed by atoms with Gasteiger partial charge in [0.15, 0.2) is 0 Å². The highest BCUT2D eigenvalue weighted by Gasteiger charge is 2.22. The minimum absolute atomic E-state index is 0.0856. The molecule has 0 saturated carbocycles. The number of piperazine rings is 1. The summed E-state index contributed by atoms with van der Waals surface area (Å²) < 4.78 is 7.74. The second-order valence-electron chi connectivity index (χ2n) is 8.45. The maximum absolute atomic E-state index is 12.9. The third-order valence-corrected chi connectivity index (χ3v) is 6.44. The van der Waals surface area contributed by atoms with Crippen LogP contribution in [0.3, 0.4) is 0 Å². The minimum Gasteiger partial charge on any atom is -0.489 e. The third kappa shape index (κ3) is 5.31. The van der Waals surface area contributed by atoms with Gasteiger partial charge in [0.25, 0.3) is 5.91 Å². The SMILES string of the molecule is Cc1cc(OCc2ccc(C(=O)N3CCN(Cc4cnn(C)c4)CC3)cc2)cc(C)c1Cl. The van der Waals surface area contributed by atoms with E-state index >= 15 is 0 Å². The van der Waals surface area contributed by atoms with Gasteiger partial charge in [-0.15, -0.1) is 0 Å². The molecule has 2 heterocycles. The van der Waals surface area contributed by atoms with E-state index in [1.54, 1.807) is 0 Å². The van der Waals surface area contributed by atoms with Gasteiger partial charge in [0.2, 0.25) is 0 Å². The number of halogens is 1. The zero-order chi connectivity index (χ0) is 22.7. The Morgan fingerprint density at radius 3 is 2.28 bits per heavy atom. The van der Waals surface area contributed by atoms with Crippen molar-refractivity contribution in [3.63, 3.8) is 0 Å². The normalized spacial score (nSPS) is 14.6. The van der Waals surface area contributed by atoms with Gasteiger partial charge in [0, 0.05) is 62.1 Å². The van der Waals surface area contributed by atoms with Gasteiger partial charge in [-0.05, 0) is 54.8 Å². The van der Waals surface area contributed by atoms with Crippen LogP contribution in [0.1, 0.15) is 32.6 Å². The van der Waals surface area contributed by atoms with Crippen LogP contribution < -0.4 is 4.74 Å². The van der Waals surface area contributed by atoms with Crippen molar-refractivity contribution in [2.24, 2.45) is 7.05 Å². The van der Waals surface area contributed by atoms with Crippen LogP contribution in [0.2, 0.25) is 5.02 Å². The molecule has 32 heavy (non-hydrogen) atoms. The lowest BCUT2D eigenvalue weighted by molar-refractivity contribution is 0.0628. The third-order valence-electron chi connectivity index (χ3n) is 5.84. The molecule has 6 nitrogen and oxygen atoms in total. The molecule has 1 saturated heterocycles. The predicted octanol–water partition coefficient (Wildman–Crippen LogP) is 4.23. The number of carbonyl (C=O) groups is 1. The summed E-state index contributed by atoms with van der Waals surface area (Å²) >= 11 is 6.23. The first-order chi connectivity index (χ1) is 15.4. The number of benzene rings is 2. The standard InChI is InChI=1S/C25H29ClN4O2/c1-18-12-23(13-19(2)24(18)26)32-17-20-4-6-22(7-5-20)25(31)30-10-8-29(9-11-30)16-21-14-27-28(3)15-21/h4-7,12-15H,8-11,16-17H2,1-3H3. The van der Waals surface area contributed by atoms with E-state index in [0.29, 0.717) is 12.2 Å². The van der Waals surface area contributed by atoms with Crippen LogP contribution >= 0.6 is 11.6 Å². The van der Waals surface area contributed by atoms with Crippen molar-refractivity contribution in [3.8, 4) is 5.75 Å². The Morgan fingerprint density at radius 1 is 1.03 bits per heavy atom. The van der Waals surface area contributed by atoms with Crippen molar-refractivity contribution in [1.82, 2.24) is 19.6 Å². The fraction of sp³-hybridized carbons (Fsp3) is 0.360. The van der Waals surface area contributed by atoms with Crippen molar-refractivity contribution < 1.29 is 9.53 Å². The van der Waals surface area contributed by atoms with Crippen LogP contribution in [0.15, 0.2) is 48.8 Å². The molecule has 0 N–H and O–H groups in total. The molecule has 0 bridgehead atoms. The number of aromatic nitrogens is 2. The molecular formula is C25H29ClN4O2. The molecule has 1 aliphatic rings. The molecule has 2 aromatic carbocycles. The summed E-state index contributed by atoms with van der Waals surface area (Å²) in [5, 5.41) is 5.00. The number of hydrogen-bond donors (Lipinski definition) is 0. The van der Waals surface area contributed by atoms with Crippen LogP contribution in [0.25, 0.3) is 0 Å². The molecule has 1 fully saturated rings. The van der Waals surface area contributed by atoms with E-state index in [-0.39, 0.29) is 5.91 Å². The smallest absolute Gasteiger partial charge is 0.253 e. The Hall–Kier alpha value is -2.83. The Labute approximate surface area is 194 Å². The van der Waals surface area contributed by atoms with Crippen LogP contribution in [-0.4, -0.2) is 51.7 Å². The maximum Gasteiger partial charge on any atom is 0.253 e. The maximum atomic E-state index is 12.9. The van der Waals surface area contributed by atoms with Gasteiger partial charge in [-0.1, -0.05) is 23.7 Å². The van der Waals surface area contributed by atoms with E-state index in [2.05, 4.69) is 10.00 Å². The van der Waals surface area contributed by atoms with Gasteiger partial charge >= 0.3 is 0 Å². The molecule has 1 amide bonds. The number of rotatable bonds is 6. The number of ether oxygens (including phenoxy) is 1. The van der Waals surface area contributed by atoms with Crippen molar-refractivity contribution in [2.75, 3.05) is 26.2 Å². The molecule has 7 heteroatoms. The fourth-order valence-electron chi connectivity index (χ4n) is 4.00. The topological polar surface area (TPSA) is 50.6 Å². The summed E-state index contributed by atoms with van der Waals surface area (Å²) in [4.78, 5) is 17.2. The molecule has 3 aromatic rings. The minimum atomic E-state index is 0.0856. The molecular weight excluding hydrogens is 424 g/mol. The first-order valence-corrected chi connectivity index (χ1v) is 11.2. The van der Waals surface area contributed by atoms with Crippen molar-refractivity contribution in [2.45, 2.75) is 27.0 Å². The summed E-state index contributed by atoms with van der Waals surface area (Å²) in [7, 11) is 1.93. The average molecular weight is 453 g/mol. The molecule has 0 radical (unpaired) electrons. The quantitative estimate of drug-likeness (QED) is 0.561. The lowest BCUT2D eigenvalue weighted by Crippen LogP contribution is -2.48. The van der Waals surface area contributed by atoms with Crippen molar-refractivity contribution in [1.29, 1.82) is 0 Å². The van der Waals surface area contributed by atoms with Gasteiger partial charge in [0.05, 0.1) is 6.20 Å². The van der Waals surface area contributed by atoms with Gasteiger partial charge < -0.3 is 9.64 Å². The Morgan fingerprint density at radius 2 is 1.69 bits per heavy atom. The Balaban J connectivity index is 1.28. The summed E-state index contributed by atoms with van der Waals surface area (Å²) in [6.07, 6.45) is 3.94. The first-order valence-electron chi connectivity index (χ1n) is 10.9. The summed E-state index contributed by atoms with van der Waals surface area (Å²) in [5.74, 6) is 0.885. The van der Waals surface area contributed by atoms with Crippen molar-refractivity contribution >= 4 is 17.5 Å². The largest absolute Gasteiger partial charge is 0.489 e. The average Bonchev–Trinajstić information content (AvgIpc) is 3.20. The Kier molecular flexibility index (Phi) is 6.82. The molecule has 1 aromatic heterocycles. The highest BCUT2D eigenvalue weighted by Crippen LogP contribution is 2.26. The lowest BCUT2D eigenvalue weighted by Gasteiger charge is -2.34. The van der Waals surface area contributed by atoms with Crippen LogP contribution in [0.5, 0.6) is 5.75 Å². The second-order valence-corrected chi connectivity index (χ2v) is 8.83. The summed E-state index contributed by atoms with van der Waals surface area (Å²) in [5.41, 5.74) is 4.95. The van der Waals surface area contributed by atoms with Crippen LogP contribution in [0.4, 0.5) is 0 Å². The zero-order valence-corrected chi connectivity index (χ0v) is 19.6. The van der Waals surface area contributed by atoms with Crippen LogP contribution in [0, 0.1) is 13.8 Å². The lowest BCUT2D eigenvalue weighted by atomic mass is 10.1. The fourth-order valence-corrected chi connectivity index (χ4v) is 4.11. The van der Waals surface area contributed by atoms with Gasteiger partial charge in [-0.2, -0.15) is 5.10 Å². The van der Waals surface area contributed by atoms with Gasteiger partial charge in [-0.3, -0.25) is 14.4 Å². The predicted molar refractivity (Wildman–Crippen MR) is 126 cm³/mol. The molecule has 4 rings (SSSR count). The molecule has 168 valence electrons. The molecule has 0 atom stereocenters. The number of nitrogens with zero attached hydrogens (tertiary/aromatic N) is 4. The zero-order valence-electron chi connectivity index (χ0n) is 18.8. The highest BCUT2D eigenvalue weighted by atomic mass is 35.5. The first kappa shape index (κ1) is 22.4. The second kappa shape index (κ2) is 9.76. The van der Waals surface area contributed by atoms with E-state index in [4.69, 9.17) is 16.3 Å². The number of amides is 1. The van der Waals surface area contributed by atoms with E-state index in [0.717, 1.165) is 60.2 Å². The molecule has 0 spiro atoms. The molecule has 0 unspecified atom stereocenters. The number of carbonyl (C=O) groups excluding carboxylic acids is 1. The van der Waals surface area contributed by atoms with Crippen molar-refractivity contribution in [3.05, 3.63) is 81.6 Å². The van der Waals surface area contributed by atoms with E-state index in [1.807, 2.05) is 79.3 Å². The summed E-state index contributed by atoms with van der Waals surface area (Å²) in [6.45, 7) is 8.47. The van der Waals surface area contributed by atoms with E-state index in [9.17, 15) is 4.79 Å². The van der Waals surface area contributed by atoms with Gasteiger partial charge in [-0.25, -0.2) is 0 Å². The number of aryl methyl sites for hydroxylation is 3. The van der Waals surface area contributed by atoms with Crippen LogP contribution in [-0.2, 0) is 20.2 Å².